The summed E-state index contributed by atoms with van der Waals surface area (Å²) in [5, 5.41) is 8.98. The number of hydrogen-bond donors (Lipinski definition) is 1. The van der Waals surface area contributed by atoms with E-state index in [0.29, 0.717) is 10.4 Å². The fourth-order valence-corrected chi connectivity index (χ4v) is 0.979. The highest BCUT2D eigenvalue weighted by Gasteiger charge is 2.04. The van der Waals surface area contributed by atoms with Crippen LogP contribution in [0.25, 0.3) is 11.2 Å². The molecule has 0 amide bonds. The van der Waals surface area contributed by atoms with Crippen LogP contribution in [-0.2, 0) is 0 Å². The Balaban J connectivity index is 2.97. The third kappa shape index (κ3) is 1.12. The standard InChI is InChI=1S/C7H6N4O2/c1-4-2-8-6-5(10-4)7(12)11(13)3-9-6/h2-3,13H,1H3. The Bertz CT molecular complexity index is 514. The van der Waals surface area contributed by atoms with Gasteiger partial charge in [-0.2, -0.15) is 0 Å². The molecule has 2 heterocycles. The minimum atomic E-state index is -0.610. The second-order valence-corrected chi connectivity index (χ2v) is 2.58. The molecule has 2 aromatic heterocycles. The number of aryl methyl sites for hydroxylation is 1. The summed E-state index contributed by atoms with van der Waals surface area (Å²) in [5.41, 5.74) is 0.310. The predicted octanol–water partition coefficient (Wildman–Crippen LogP) is -0.268. The molecule has 0 unspecified atom stereocenters. The van der Waals surface area contributed by atoms with E-state index >= 15 is 0 Å². The van der Waals surface area contributed by atoms with Gasteiger partial charge in [-0.3, -0.25) is 4.79 Å². The van der Waals surface area contributed by atoms with E-state index in [9.17, 15) is 4.79 Å². The summed E-state index contributed by atoms with van der Waals surface area (Å²) in [5.74, 6) is 0. The van der Waals surface area contributed by atoms with Crippen molar-refractivity contribution in [3.05, 3.63) is 28.6 Å². The summed E-state index contributed by atoms with van der Waals surface area (Å²) in [6.45, 7) is 1.71. The summed E-state index contributed by atoms with van der Waals surface area (Å²) < 4.78 is 0.385. The van der Waals surface area contributed by atoms with E-state index in [0.717, 1.165) is 6.33 Å². The summed E-state index contributed by atoms with van der Waals surface area (Å²) in [6, 6.07) is 0. The molecule has 0 saturated carbocycles. The van der Waals surface area contributed by atoms with Crippen molar-refractivity contribution < 1.29 is 5.21 Å². The maximum atomic E-state index is 11.3. The van der Waals surface area contributed by atoms with E-state index in [1.165, 1.54) is 6.20 Å². The first kappa shape index (κ1) is 7.66. The van der Waals surface area contributed by atoms with Crippen molar-refractivity contribution in [3.63, 3.8) is 0 Å². The second kappa shape index (κ2) is 2.51. The molecule has 0 saturated heterocycles. The summed E-state index contributed by atoms with van der Waals surface area (Å²) in [7, 11) is 0. The highest BCUT2D eigenvalue weighted by atomic mass is 16.5. The maximum Gasteiger partial charge on any atom is 0.314 e. The molecule has 66 valence electrons. The molecule has 0 aliphatic rings. The molecule has 0 bridgehead atoms. The topological polar surface area (TPSA) is 80.9 Å². The molecule has 0 fully saturated rings. The highest BCUT2D eigenvalue weighted by molar-refractivity contribution is 5.67. The van der Waals surface area contributed by atoms with Gasteiger partial charge in [0, 0.05) is 0 Å². The van der Waals surface area contributed by atoms with Gasteiger partial charge < -0.3 is 5.21 Å². The molecule has 1 N–H and O–H groups in total. The molecule has 0 aliphatic heterocycles. The van der Waals surface area contributed by atoms with Gasteiger partial charge in [-0.05, 0) is 6.92 Å². The third-order valence-corrected chi connectivity index (χ3v) is 1.57. The van der Waals surface area contributed by atoms with Crippen molar-refractivity contribution in [2.75, 3.05) is 0 Å². The largest absolute Gasteiger partial charge is 0.424 e. The van der Waals surface area contributed by atoms with Gasteiger partial charge in [-0.1, -0.05) is 0 Å². The van der Waals surface area contributed by atoms with Crippen LogP contribution in [0.4, 0.5) is 0 Å². The van der Waals surface area contributed by atoms with E-state index in [1.807, 2.05) is 0 Å². The fraction of sp³-hybridized carbons (Fsp3) is 0.143. The van der Waals surface area contributed by atoms with Crippen LogP contribution in [0.3, 0.4) is 0 Å². The first-order chi connectivity index (χ1) is 6.18. The lowest BCUT2D eigenvalue weighted by Gasteiger charge is -1.97. The monoisotopic (exact) mass is 178 g/mol. The number of rotatable bonds is 0. The molecule has 6 nitrogen and oxygen atoms in total. The Kier molecular flexibility index (Phi) is 1.48. The molecule has 0 atom stereocenters. The van der Waals surface area contributed by atoms with Crippen LogP contribution in [0.5, 0.6) is 0 Å². The summed E-state index contributed by atoms with van der Waals surface area (Å²) in [4.78, 5) is 22.8. The molecule has 0 aromatic carbocycles. The third-order valence-electron chi connectivity index (χ3n) is 1.57. The van der Waals surface area contributed by atoms with Crippen molar-refractivity contribution >= 4 is 11.2 Å². The zero-order valence-corrected chi connectivity index (χ0v) is 6.80. The second-order valence-electron chi connectivity index (χ2n) is 2.58. The highest BCUT2D eigenvalue weighted by Crippen LogP contribution is 1.98. The number of aromatic nitrogens is 4. The summed E-state index contributed by atoms with van der Waals surface area (Å²) >= 11 is 0. The fourth-order valence-electron chi connectivity index (χ4n) is 0.979. The van der Waals surface area contributed by atoms with Crippen LogP contribution in [0.15, 0.2) is 17.3 Å². The summed E-state index contributed by atoms with van der Waals surface area (Å²) in [6.07, 6.45) is 2.51. The average molecular weight is 178 g/mol. The van der Waals surface area contributed by atoms with Crippen LogP contribution in [0.1, 0.15) is 5.69 Å². The van der Waals surface area contributed by atoms with E-state index in [2.05, 4.69) is 15.0 Å². The number of fused-ring (bicyclic) bond motifs is 1. The van der Waals surface area contributed by atoms with Crippen LogP contribution < -0.4 is 5.56 Å². The van der Waals surface area contributed by atoms with Crippen molar-refractivity contribution in [1.29, 1.82) is 0 Å². The van der Waals surface area contributed by atoms with E-state index in [1.54, 1.807) is 6.92 Å². The minimum absolute atomic E-state index is 0.0741. The minimum Gasteiger partial charge on any atom is -0.424 e. The van der Waals surface area contributed by atoms with Gasteiger partial charge in [-0.25, -0.2) is 15.0 Å². The molecule has 0 aliphatic carbocycles. The van der Waals surface area contributed by atoms with Crippen molar-refractivity contribution in [2.24, 2.45) is 0 Å². The first-order valence-corrected chi connectivity index (χ1v) is 3.59. The number of hydrogen-bond acceptors (Lipinski definition) is 5. The van der Waals surface area contributed by atoms with Gasteiger partial charge in [0.25, 0.3) is 0 Å². The first-order valence-electron chi connectivity index (χ1n) is 3.59. The molecular weight excluding hydrogens is 172 g/mol. The average Bonchev–Trinajstić information content (AvgIpc) is 2.12. The van der Waals surface area contributed by atoms with E-state index in [-0.39, 0.29) is 11.2 Å². The van der Waals surface area contributed by atoms with Gasteiger partial charge in [-0.15, -0.1) is 4.73 Å². The molecule has 6 heteroatoms. The van der Waals surface area contributed by atoms with E-state index in [4.69, 9.17) is 5.21 Å². The molecule has 2 aromatic rings. The van der Waals surface area contributed by atoms with Crippen molar-refractivity contribution in [1.82, 2.24) is 19.7 Å². The zero-order valence-electron chi connectivity index (χ0n) is 6.80. The lowest BCUT2D eigenvalue weighted by Crippen LogP contribution is -2.19. The Hall–Kier alpha value is -1.98. The van der Waals surface area contributed by atoms with Gasteiger partial charge in [0.1, 0.15) is 6.33 Å². The Labute approximate surface area is 72.5 Å². The van der Waals surface area contributed by atoms with Gasteiger partial charge in [0.15, 0.2) is 11.2 Å². The number of nitrogens with zero attached hydrogens (tertiary/aromatic N) is 4. The lowest BCUT2D eigenvalue weighted by molar-refractivity contribution is 0.173. The lowest BCUT2D eigenvalue weighted by atomic mass is 10.4. The molecular formula is C7H6N4O2. The Morgan fingerprint density at radius 3 is 3.00 bits per heavy atom. The van der Waals surface area contributed by atoms with Crippen molar-refractivity contribution in [2.45, 2.75) is 6.92 Å². The zero-order chi connectivity index (χ0) is 9.42. The Morgan fingerprint density at radius 2 is 2.23 bits per heavy atom. The molecule has 13 heavy (non-hydrogen) atoms. The van der Waals surface area contributed by atoms with Crippen LogP contribution >= 0.6 is 0 Å². The molecule has 0 radical (unpaired) electrons. The quantitative estimate of drug-likeness (QED) is 0.562. The van der Waals surface area contributed by atoms with Crippen LogP contribution in [-0.4, -0.2) is 24.9 Å². The molecule has 0 spiro atoms. The van der Waals surface area contributed by atoms with E-state index < -0.39 is 5.56 Å². The Morgan fingerprint density at radius 1 is 1.46 bits per heavy atom. The maximum absolute atomic E-state index is 11.3. The van der Waals surface area contributed by atoms with Gasteiger partial charge >= 0.3 is 5.56 Å². The SMILES string of the molecule is Cc1cnc2ncn(O)c(=O)c2n1. The van der Waals surface area contributed by atoms with Crippen LogP contribution in [0.2, 0.25) is 0 Å². The van der Waals surface area contributed by atoms with Crippen molar-refractivity contribution in [3.8, 4) is 0 Å². The smallest absolute Gasteiger partial charge is 0.314 e. The van der Waals surface area contributed by atoms with Gasteiger partial charge in [0.05, 0.1) is 11.9 Å². The van der Waals surface area contributed by atoms with Gasteiger partial charge in [0.2, 0.25) is 0 Å². The normalized spacial score (nSPS) is 10.5. The predicted molar refractivity (Wildman–Crippen MR) is 43.5 cm³/mol. The molecule has 2 rings (SSSR count). The van der Waals surface area contributed by atoms with Crippen LogP contribution in [0, 0.1) is 6.92 Å².